The van der Waals surface area contributed by atoms with Crippen LogP contribution in [0, 0.1) is 17.9 Å². The van der Waals surface area contributed by atoms with Crippen molar-refractivity contribution in [3.05, 3.63) is 551 Å². The minimum Gasteiger partial charge on any atom is -0.311 e. The van der Waals surface area contributed by atoms with Gasteiger partial charge in [0.05, 0.1) is 11.4 Å². The van der Waals surface area contributed by atoms with Crippen LogP contribution in [0.3, 0.4) is 0 Å². The molecule has 0 aliphatic rings. The average molecular weight is 2590 g/mol. The number of anilines is 18. The van der Waals surface area contributed by atoms with E-state index in [4.69, 9.17) is 0 Å². The molecule has 15 heteroatoms. The van der Waals surface area contributed by atoms with Gasteiger partial charge >= 0.3 is 0 Å². The summed E-state index contributed by atoms with van der Waals surface area (Å²) in [7, 11) is 0. The fourth-order valence-corrected chi connectivity index (χ4v) is 19.4. The lowest BCUT2D eigenvalue weighted by molar-refractivity contribution is 1.28. The third-order valence-corrected chi connectivity index (χ3v) is 28.9. The molecule has 0 saturated heterocycles. The molecule has 666 valence electrons. The number of benzene rings is 21. The van der Waals surface area contributed by atoms with Crippen molar-refractivity contribution in [1.29, 1.82) is 0 Å². The van der Waals surface area contributed by atoms with E-state index < -0.39 is 0 Å². The maximum atomic E-state index is 3.61. The molecule has 21 rings (SSSR count). The molecule has 0 aliphatic heterocycles. The molecule has 21 aromatic carbocycles. The molecule has 0 aromatic heterocycles. The maximum Gasteiger partial charge on any atom is 0.0540 e. The first kappa shape index (κ1) is 95.8. The van der Waals surface area contributed by atoms with Crippen molar-refractivity contribution in [3.8, 4) is 33.4 Å². The second-order valence-corrected chi connectivity index (χ2v) is 42.0. The van der Waals surface area contributed by atoms with Crippen LogP contribution in [0.1, 0.15) is 0 Å². The first-order valence-corrected chi connectivity index (χ1v) is 52.9. The molecule has 0 amide bonds. The Morgan fingerprint density at radius 2 is 0.277 bits per heavy atom. The van der Waals surface area contributed by atoms with E-state index in [0.29, 0.717) is 0 Å². The number of rotatable bonds is 21. The minimum atomic E-state index is 1.06. The molecule has 0 heterocycles. The summed E-state index contributed by atoms with van der Waals surface area (Å²) in [5.74, 6) is 0. The Morgan fingerprint density at radius 3 is 0.496 bits per heavy atom. The molecule has 6 nitrogen and oxygen atoms in total. The number of halogens is 9. The van der Waals surface area contributed by atoms with Crippen LogP contribution in [0.15, 0.2) is 534 Å². The Morgan fingerprint density at radius 1 is 0.124 bits per heavy atom. The van der Waals surface area contributed by atoms with Crippen LogP contribution in [-0.2, 0) is 0 Å². The Kier molecular flexibility index (Phi) is 32.4. The van der Waals surface area contributed by atoms with Crippen LogP contribution >= 0.6 is 177 Å². The molecule has 0 fully saturated rings. The van der Waals surface area contributed by atoms with Gasteiger partial charge in [0.15, 0.2) is 0 Å². The largest absolute Gasteiger partial charge is 0.311 e. The van der Waals surface area contributed by atoms with E-state index in [1.165, 1.54) is 89.8 Å². The van der Waals surface area contributed by atoms with Crippen molar-refractivity contribution in [1.82, 2.24) is 0 Å². The van der Waals surface area contributed by atoms with Gasteiger partial charge in [-0.2, -0.15) is 0 Å². The van der Waals surface area contributed by atoms with Crippen molar-refractivity contribution < 1.29 is 0 Å². The first-order chi connectivity index (χ1) is 67.1. The SMILES string of the molecule is Brc1ccc(N(c2ccc(-c3ccc(N(c4ccc(Br)cc4)c4cccc5ccccc45)cc3)cc2)c2cccc3ccccc23)cc1.Brc1ccc(N(c2ccc(Br)cc2)c2ccc(-c3ccccc3)cc2)cc1.Ic1ccc(N(c2ccc(I)cc2)c2ccc(I)cc2)cc1.Ic1ccc(N(c2ccccc2)c2ccc(-c3ccc(N(c4ccccc4)c4ccc(I)cc4)cc3)cc2)cc1. The number of fused-ring (bicyclic) bond motifs is 2. The maximum absolute atomic E-state index is 3.61. The monoisotopic (exact) mass is 2580 g/mol. The molecule has 0 aliphatic carbocycles. The zero-order chi connectivity index (χ0) is 93.9. The molecule has 0 bridgehead atoms. The second kappa shape index (κ2) is 46.3. The van der Waals surface area contributed by atoms with Crippen LogP contribution in [-0.4, -0.2) is 0 Å². The van der Waals surface area contributed by atoms with Crippen molar-refractivity contribution in [3.63, 3.8) is 0 Å². The van der Waals surface area contributed by atoms with E-state index in [1.54, 1.807) is 0 Å². The minimum absolute atomic E-state index is 1.06. The van der Waals surface area contributed by atoms with Gasteiger partial charge < -0.3 is 29.4 Å². The van der Waals surface area contributed by atoms with Crippen LogP contribution in [0.2, 0.25) is 0 Å². The van der Waals surface area contributed by atoms with Gasteiger partial charge in [0, 0.05) is 138 Å². The lowest BCUT2D eigenvalue weighted by atomic mass is 10.0. The summed E-state index contributed by atoms with van der Waals surface area (Å²) >= 11 is 26.0. The van der Waals surface area contributed by atoms with Gasteiger partial charge in [0.25, 0.3) is 0 Å². The highest BCUT2D eigenvalue weighted by Crippen LogP contribution is 2.46. The van der Waals surface area contributed by atoms with Crippen LogP contribution in [0.4, 0.5) is 102 Å². The van der Waals surface area contributed by atoms with Gasteiger partial charge in [-0.25, -0.2) is 0 Å². The summed E-state index contributed by atoms with van der Waals surface area (Å²) in [6.45, 7) is 0. The summed E-state index contributed by atoms with van der Waals surface area (Å²) in [5, 5.41) is 4.86. The van der Waals surface area contributed by atoms with E-state index in [0.717, 1.165) is 103 Å². The molecule has 0 saturated carbocycles. The third kappa shape index (κ3) is 24.1. The number of hydrogen-bond donors (Lipinski definition) is 0. The number of para-hydroxylation sites is 2. The quantitative estimate of drug-likeness (QED) is 0.0663. The molecule has 0 atom stereocenters. The van der Waals surface area contributed by atoms with Crippen molar-refractivity contribution >= 4 is 301 Å². The molecule has 0 N–H and O–H groups in total. The zero-order valence-corrected chi connectivity index (χ0v) is 90.8. The van der Waals surface area contributed by atoms with Crippen molar-refractivity contribution in [2.24, 2.45) is 0 Å². The fraction of sp³-hybridized carbons (Fsp3) is 0. The van der Waals surface area contributed by atoms with E-state index >= 15 is 0 Å². The summed E-state index contributed by atoms with van der Waals surface area (Å²) in [6.07, 6.45) is 0. The Bertz CT molecular complexity index is 7060. The average Bonchev–Trinajstić information content (AvgIpc) is 0.770. The lowest BCUT2D eigenvalue weighted by Crippen LogP contribution is -2.10. The standard InChI is InChI=1S/C44H30Br2N2.C36H26I2N2.C24H17Br2N.C18H12I3N/c45-35-19-27-39(28-20-35)47(43-13-5-9-33-7-1-3-11-41(33)43)37-23-15-31(16-24-37)32-17-25-38(26-18-32)48(40-29-21-36(46)22-30-40)44-14-6-10-34-8-2-4-12-42(34)44;37-29-15-23-35(24-16-29)39(31-7-3-1-4-8-31)33-19-11-27(12-20-33)28-13-21-34(22-14-28)40(32-9-5-2-6-10-32)36-25-17-30(38)18-26-36;25-20-8-14-23(15-9-20)27(24-16-10-21(26)11-17-24)22-12-6-19(7-13-22)18-4-2-1-3-5-18;19-13-1-7-16(8-2-13)22(17-9-3-14(20)4-10-17)18-11-5-15(21)6-12-18/h1-30H;1-26H;1-17H;1-12H. The Balaban J connectivity index is 0.000000127. The van der Waals surface area contributed by atoms with Gasteiger partial charge in [-0.15, -0.1) is 0 Å². The predicted molar refractivity (Wildman–Crippen MR) is 640 cm³/mol. The highest BCUT2D eigenvalue weighted by Gasteiger charge is 2.22. The zero-order valence-electron chi connectivity index (χ0n) is 73.7. The highest BCUT2D eigenvalue weighted by molar-refractivity contribution is 14.1. The molecule has 0 unspecified atom stereocenters. The van der Waals surface area contributed by atoms with E-state index in [-0.39, 0.29) is 0 Å². The van der Waals surface area contributed by atoms with Crippen LogP contribution < -0.4 is 29.4 Å². The topological polar surface area (TPSA) is 19.4 Å². The molecule has 21 aromatic rings. The number of hydrogen-bond acceptors (Lipinski definition) is 6. The summed E-state index contributed by atoms with van der Waals surface area (Å²) < 4.78 is 10.4. The van der Waals surface area contributed by atoms with Crippen LogP contribution in [0.5, 0.6) is 0 Å². The Hall–Kier alpha value is -11.5. The second-order valence-electron chi connectivity index (χ2n) is 32.1. The fourth-order valence-electron chi connectivity index (χ4n) is 16.6. The van der Waals surface area contributed by atoms with Gasteiger partial charge in [0.2, 0.25) is 0 Å². The molecular weight excluding hydrogens is 2500 g/mol. The molecule has 137 heavy (non-hydrogen) atoms. The van der Waals surface area contributed by atoms with E-state index in [1.807, 2.05) is 6.07 Å². The molecule has 0 spiro atoms. The van der Waals surface area contributed by atoms with Gasteiger partial charge in [-0.1, -0.05) is 264 Å². The van der Waals surface area contributed by atoms with Gasteiger partial charge in [-0.3, -0.25) is 0 Å². The van der Waals surface area contributed by atoms with Crippen molar-refractivity contribution in [2.75, 3.05) is 29.4 Å². The Labute approximate surface area is 903 Å². The molecule has 0 radical (unpaired) electrons. The van der Waals surface area contributed by atoms with Gasteiger partial charge in [0.1, 0.15) is 0 Å². The van der Waals surface area contributed by atoms with E-state index in [2.05, 4.69) is 716 Å². The van der Waals surface area contributed by atoms with E-state index in [9.17, 15) is 0 Å². The van der Waals surface area contributed by atoms with Crippen LogP contribution in [0.25, 0.3) is 54.9 Å². The summed E-state index contributed by atoms with van der Waals surface area (Å²) in [4.78, 5) is 13.8. The highest BCUT2D eigenvalue weighted by atomic mass is 127. The summed E-state index contributed by atoms with van der Waals surface area (Å²) in [6, 6.07) is 183. The predicted octanol–water partition coefficient (Wildman–Crippen LogP) is 40.9. The molecular formula is C122H85Br4I5N6. The summed E-state index contributed by atoms with van der Waals surface area (Å²) in [5.41, 5.74) is 27.5. The normalized spacial score (nSPS) is 10.8. The number of nitrogens with zero attached hydrogens (tertiary/aromatic N) is 6. The third-order valence-electron chi connectivity index (χ3n) is 23.2. The lowest BCUT2D eigenvalue weighted by Gasteiger charge is -2.27. The smallest absolute Gasteiger partial charge is 0.0540 e. The van der Waals surface area contributed by atoms with Gasteiger partial charge in [-0.05, 0) is 473 Å². The first-order valence-electron chi connectivity index (χ1n) is 44.3. The van der Waals surface area contributed by atoms with Crippen molar-refractivity contribution in [2.45, 2.75) is 0 Å².